The Balaban J connectivity index is 0.902. The van der Waals surface area contributed by atoms with E-state index in [-0.39, 0.29) is 0 Å². The summed E-state index contributed by atoms with van der Waals surface area (Å²) in [5.74, 6) is 0. The third-order valence-electron chi connectivity index (χ3n) is 10.6. The number of rotatable bonds is 0. The molecule has 0 aliphatic carbocycles. The number of fused-ring (bicyclic) bond motifs is 18. The lowest BCUT2D eigenvalue weighted by atomic mass is 10.0. The Kier molecular flexibility index (Phi) is 12.3. The van der Waals surface area contributed by atoms with Gasteiger partial charge in [-0.1, -0.05) is 38.5 Å². The first-order valence-corrected chi connectivity index (χ1v) is 26.2. The topological polar surface area (TPSA) is 0 Å². The molecule has 8 aromatic rings. The van der Waals surface area contributed by atoms with Crippen LogP contribution in [0.1, 0.15) is 86.5 Å². The van der Waals surface area contributed by atoms with Crippen LogP contribution < -0.4 is 0 Å². The summed E-state index contributed by atoms with van der Waals surface area (Å²) in [6, 6.07) is 28.4. The van der Waals surface area contributed by atoms with E-state index >= 15 is 0 Å². The molecule has 0 fully saturated rings. The van der Waals surface area contributed by atoms with Crippen molar-refractivity contribution in [2.45, 2.75) is 89.9 Å². The van der Waals surface area contributed by atoms with Crippen molar-refractivity contribution < 1.29 is 0 Å². The molecule has 0 spiro atoms. The first kappa shape index (κ1) is 37.2. The lowest BCUT2D eigenvalue weighted by Gasteiger charge is -2.05. The van der Waals surface area contributed by atoms with Crippen molar-refractivity contribution in [2.24, 2.45) is 0 Å². The van der Waals surface area contributed by atoms with Gasteiger partial charge in [-0.3, -0.25) is 0 Å². The van der Waals surface area contributed by atoms with Gasteiger partial charge in [0.25, 0.3) is 0 Å². The van der Waals surface area contributed by atoms with Gasteiger partial charge in [-0.2, -0.15) is 0 Å². The van der Waals surface area contributed by atoms with Crippen molar-refractivity contribution in [3.8, 4) is 58.5 Å². The van der Waals surface area contributed by atoms with Gasteiger partial charge in [0.2, 0.25) is 0 Å². The highest BCUT2D eigenvalue weighted by Crippen LogP contribution is 2.46. The van der Waals surface area contributed by atoms with Gasteiger partial charge < -0.3 is 0 Å². The van der Waals surface area contributed by atoms with Crippen molar-refractivity contribution in [3.63, 3.8) is 0 Å². The molecule has 9 heterocycles. The summed E-state index contributed by atoms with van der Waals surface area (Å²) in [7, 11) is 0. The summed E-state index contributed by atoms with van der Waals surface area (Å²) in [5, 5.41) is 9.20. The van der Waals surface area contributed by atoms with Crippen LogP contribution in [-0.4, -0.2) is 0 Å². The summed E-state index contributed by atoms with van der Waals surface area (Å²) in [6.45, 7) is 0. The van der Waals surface area contributed by atoms with E-state index in [9.17, 15) is 0 Å². The molecule has 0 nitrogen and oxygen atoms in total. The third-order valence-corrected chi connectivity index (χ3v) is 19.9. The van der Waals surface area contributed by atoms with Crippen molar-refractivity contribution in [2.75, 3.05) is 0 Å². The third kappa shape index (κ3) is 8.47. The maximum absolute atomic E-state index is 2.38. The van der Waals surface area contributed by atoms with Crippen molar-refractivity contribution in [1.29, 1.82) is 0 Å². The minimum Gasteiger partial charge on any atom is -0.143 e. The van der Waals surface area contributed by atoms with E-state index in [0.29, 0.717) is 0 Å². The van der Waals surface area contributed by atoms with Crippen LogP contribution in [0.4, 0.5) is 0 Å². The number of aryl methyl sites for hydroxylation is 4. The number of hydrogen-bond acceptors (Lipinski definition) is 8. The number of thiophene rings is 8. The minimum absolute atomic E-state index is 1.19. The SMILES string of the molecule is c1cc2c(s1)-c1ccc(s1)-c1ccc(s1)-c1sccc1CCCCCCCc1ccsc1-c1ccc(s1)-c1ccc(s1)-c1sccc1CCCCCCC2. The smallest absolute Gasteiger partial charge is 0.0474 e. The fourth-order valence-electron chi connectivity index (χ4n) is 7.69. The van der Waals surface area contributed by atoms with Crippen LogP contribution in [0.2, 0.25) is 0 Å². The standard InChI is InChI=1S/C46H44S8/c1-3-7-11-31-23-27-47-43(31)39-19-15-35(51-39)37-17-21-41(53-37)45-33(25-29-49-45)13-9-5-2-6-10-14-34-26-30-50-46(34)42-22-18-38(54-42)36-16-20-40(52-36)44-32(12-8-4-1)24-28-48-44/h15-30H,1-14H2. The molecule has 54 heavy (non-hydrogen) atoms. The maximum Gasteiger partial charge on any atom is 0.0474 e. The van der Waals surface area contributed by atoms with Crippen LogP contribution in [0.25, 0.3) is 58.5 Å². The molecule has 0 saturated heterocycles. The minimum atomic E-state index is 1.19. The number of hydrogen-bond donors (Lipinski definition) is 0. The molecular weight excluding hydrogens is 809 g/mol. The Morgan fingerprint density at radius 1 is 0.241 bits per heavy atom. The van der Waals surface area contributed by atoms with Gasteiger partial charge in [0.05, 0.1) is 0 Å². The molecule has 0 radical (unpaired) electrons. The lowest BCUT2D eigenvalue weighted by Crippen LogP contribution is -1.88. The predicted molar refractivity (Wildman–Crippen MR) is 250 cm³/mol. The summed E-state index contributed by atoms with van der Waals surface area (Å²) >= 11 is 15.6. The fraction of sp³-hybridized carbons (Fsp3) is 0.304. The largest absolute Gasteiger partial charge is 0.143 e. The average Bonchev–Trinajstić information content (AvgIpc) is 4.01. The highest BCUT2D eigenvalue weighted by atomic mass is 32.1. The van der Waals surface area contributed by atoms with Crippen LogP contribution in [0.3, 0.4) is 0 Å². The van der Waals surface area contributed by atoms with E-state index in [1.807, 2.05) is 90.7 Å². The van der Waals surface area contributed by atoms with Gasteiger partial charge in [0, 0.05) is 58.5 Å². The maximum atomic E-state index is 2.38. The molecule has 8 bridgehead atoms. The summed E-state index contributed by atoms with van der Waals surface area (Å²) in [4.78, 5) is 17.3. The first-order valence-electron chi connectivity index (χ1n) is 19.4. The highest BCUT2D eigenvalue weighted by molar-refractivity contribution is 7.29. The average molecular weight is 853 g/mol. The lowest BCUT2D eigenvalue weighted by molar-refractivity contribution is 0.614. The van der Waals surface area contributed by atoms with Crippen LogP contribution in [-0.2, 0) is 25.7 Å². The highest BCUT2D eigenvalue weighted by Gasteiger charge is 2.17. The summed E-state index contributed by atoms with van der Waals surface area (Å²) in [5.41, 5.74) is 6.14. The van der Waals surface area contributed by atoms with Crippen LogP contribution >= 0.6 is 90.7 Å². The molecule has 9 rings (SSSR count). The zero-order valence-electron chi connectivity index (χ0n) is 30.4. The molecular formula is C46H44S8. The van der Waals surface area contributed by atoms with Gasteiger partial charge in [-0.15, -0.1) is 90.7 Å². The molecule has 0 amide bonds. The molecule has 8 heteroatoms. The first-order chi connectivity index (χ1) is 26.8. The van der Waals surface area contributed by atoms with E-state index in [4.69, 9.17) is 0 Å². The molecule has 1 aliphatic heterocycles. The van der Waals surface area contributed by atoms with Gasteiger partial charge in [0.1, 0.15) is 0 Å². The monoisotopic (exact) mass is 852 g/mol. The van der Waals surface area contributed by atoms with E-state index in [2.05, 4.69) is 94.3 Å². The van der Waals surface area contributed by atoms with Crippen LogP contribution in [0.5, 0.6) is 0 Å². The Morgan fingerprint density at radius 3 is 0.722 bits per heavy atom. The molecule has 0 aromatic carbocycles. The second-order valence-corrected chi connectivity index (χ2v) is 22.3. The van der Waals surface area contributed by atoms with E-state index < -0.39 is 0 Å². The van der Waals surface area contributed by atoms with E-state index in [1.165, 1.54) is 171 Å². The molecule has 0 saturated carbocycles. The van der Waals surface area contributed by atoms with Gasteiger partial charge in [-0.25, -0.2) is 0 Å². The fourth-order valence-corrected chi connectivity index (χ4v) is 16.4. The zero-order valence-corrected chi connectivity index (χ0v) is 36.9. The van der Waals surface area contributed by atoms with Crippen molar-refractivity contribution in [1.82, 2.24) is 0 Å². The van der Waals surface area contributed by atoms with E-state index in [1.54, 1.807) is 0 Å². The Hall–Kier alpha value is -2.40. The van der Waals surface area contributed by atoms with Crippen molar-refractivity contribution >= 4 is 90.7 Å². The molecule has 1 aliphatic rings. The van der Waals surface area contributed by atoms with Gasteiger partial charge in [-0.05, 0) is 168 Å². The normalized spacial score (nSPS) is 15.1. The Labute approximate surface area is 352 Å². The van der Waals surface area contributed by atoms with Crippen molar-refractivity contribution in [3.05, 3.63) is 117 Å². The van der Waals surface area contributed by atoms with Crippen LogP contribution in [0.15, 0.2) is 94.3 Å². The molecule has 0 atom stereocenters. The van der Waals surface area contributed by atoms with Crippen LogP contribution in [0, 0.1) is 0 Å². The summed E-state index contributed by atoms with van der Waals surface area (Å²) in [6.07, 6.45) is 17.8. The molecule has 276 valence electrons. The zero-order chi connectivity index (χ0) is 36.1. The molecule has 0 N–H and O–H groups in total. The second-order valence-electron chi connectivity index (χ2n) is 14.3. The Bertz CT molecular complexity index is 2050. The van der Waals surface area contributed by atoms with E-state index in [0.717, 1.165) is 0 Å². The van der Waals surface area contributed by atoms with Gasteiger partial charge in [0.15, 0.2) is 0 Å². The van der Waals surface area contributed by atoms with Gasteiger partial charge >= 0.3 is 0 Å². The molecule has 8 aromatic heterocycles. The Morgan fingerprint density at radius 2 is 0.463 bits per heavy atom. The quantitative estimate of drug-likeness (QED) is 0.143. The molecule has 0 unspecified atom stereocenters. The second kappa shape index (κ2) is 17.8. The predicted octanol–water partition coefficient (Wildman–Crippen LogP) is 18.0. The summed E-state index contributed by atoms with van der Waals surface area (Å²) < 4.78 is 0.